The van der Waals surface area contributed by atoms with Gasteiger partial charge in [-0.2, -0.15) is 0 Å². The maximum absolute atomic E-state index is 11.3. The Kier molecular flexibility index (Phi) is 1.98. The van der Waals surface area contributed by atoms with E-state index in [1.54, 1.807) is 12.1 Å². The van der Waals surface area contributed by atoms with Crippen LogP contribution in [0.4, 0.5) is 0 Å². The molecule has 0 aliphatic rings. The van der Waals surface area contributed by atoms with E-state index in [4.69, 9.17) is 8.83 Å². The third-order valence-electron chi connectivity index (χ3n) is 2.83. The van der Waals surface area contributed by atoms with Gasteiger partial charge in [0.25, 0.3) is 0 Å². The third-order valence-corrected chi connectivity index (χ3v) is 2.83. The highest BCUT2D eigenvalue weighted by Crippen LogP contribution is 2.38. The minimum atomic E-state index is 0.0379. The van der Waals surface area contributed by atoms with Crippen LogP contribution in [-0.4, -0.2) is 10.9 Å². The van der Waals surface area contributed by atoms with Crippen molar-refractivity contribution >= 4 is 27.7 Å². The fraction of sp³-hybridized carbons (Fsp3) is 0.154. The number of ketones is 1. The first-order valence-corrected chi connectivity index (χ1v) is 5.26. The summed E-state index contributed by atoms with van der Waals surface area (Å²) >= 11 is 0. The van der Waals surface area contributed by atoms with E-state index in [2.05, 4.69) is 0 Å². The maximum atomic E-state index is 11.3. The molecule has 0 amide bonds. The second kappa shape index (κ2) is 3.38. The summed E-state index contributed by atoms with van der Waals surface area (Å²) in [6.45, 7) is 1.52. The smallest absolute Gasteiger partial charge is 0.176 e. The molecule has 2 heterocycles. The van der Waals surface area contributed by atoms with E-state index in [0.717, 1.165) is 10.9 Å². The monoisotopic (exact) mass is 230 g/mol. The molecule has 0 atom stereocenters. The van der Waals surface area contributed by atoms with Crippen molar-refractivity contribution in [2.45, 2.75) is 13.3 Å². The average molecular weight is 230 g/mol. The molecule has 0 spiro atoms. The Labute approximate surface area is 96.4 Å². The van der Waals surface area contributed by atoms with Crippen LogP contribution < -0.4 is 0 Å². The molecule has 0 bridgehead atoms. The SMILES string of the molecule is CC(=O)Cc1c2ccoc2c(O)c2ccoc12. The van der Waals surface area contributed by atoms with E-state index in [-0.39, 0.29) is 18.0 Å². The minimum absolute atomic E-state index is 0.0379. The van der Waals surface area contributed by atoms with Gasteiger partial charge in [-0.05, 0) is 19.1 Å². The molecule has 3 rings (SSSR count). The normalized spacial score (nSPS) is 11.4. The molecule has 4 heteroatoms. The van der Waals surface area contributed by atoms with Crippen molar-refractivity contribution in [1.82, 2.24) is 0 Å². The van der Waals surface area contributed by atoms with Gasteiger partial charge in [0.1, 0.15) is 11.4 Å². The van der Waals surface area contributed by atoms with Gasteiger partial charge in [0.05, 0.1) is 17.9 Å². The first-order valence-electron chi connectivity index (χ1n) is 5.26. The Balaban J connectivity index is 2.47. The summed E-state index contributed by atoms with van der Waals surface area (Å²) < 4.78 is 10.6. The Hall–Kier alpha value is -2.23. The van der Waals surface area contributed by atoms with Gasteiger partial charge in [0, 0.05) is 17.4 Å². The molecule has 2 aromatic heterocycles. The lowest BCUT2D eigenvalue weighted by atomic mass is 10.0. The summed E-state index contributed by atoms with van der Waals surface area (Å²) in [5.74, 6) is 0.0944. The summed E-state index contributed by atoms with van der Waals surface area (Å²) in [7, 11) is 0. The number of furan rings is 2. The minimum Gasteiger partial charge on any atom is -0.504 e. The maximum Gasteiger partial charge on any atom is 0.176 e. The fourth-order valence-electron chi connectivity index (χ4n) is 2.13. The Bertz CT molecular complexity index is 666. The average Bonchev–Trinajstić information content (AvgIpc) is 2.92. The number of hydrogen-bond acceptors (Lipinski definition) is 4. The number of benzene rings is 1. The van der Waals surface area contributed by atoms with Crippen LogP contribution in [0.1, 0.15) is 12.5 Å². The number of carbonyl (C=O) groups is 1. The summed E-state index contributed by atoms with van der Waals surface area (Å²) in [4.78, 5) is 11.3. The topological polar surface area (TPSA) is 63.6 Å². The molecule has 86 valence electrons. The third kappa shape index (κ3) is 1.34. The number of carbonyl (C=O) groups excluding carboxylic acids is 1. The van der Waals surface area contributed by atoms with Crippen LogP contribution in [0.15, 0.2) is 33.5 Å². The standard InChI is InChI=1S/C13H10O4/c1-7(14)6-10-8-2-4-17-13(8)11(15)9-3-5-16-12(9)10/h2-5,15H,6H2,1H3. The van der Waals surface area contributed by atoms with E-state index in [0.29, 0.717) is 16.6 Å². The van der Waals surface area contributed by atoms with Crippen LogP contribution in [0.2, 0.25) is 0 Å². The summed E-state index contributed by atoms with van der Waals surface area (Å²) in [6, 6.07) is 3.39. The zero-order valence-electron chi connectivity index (χ0n) is 9.19. The molecule has 0 saturated heterocycles. The number of hydrogen-bond donors (Lipinski definition) is 1. The molecule has 0 aliphatic heterocycles. The van der Waals surface area contributed by atoms with E-state index in [9.17, 15) is 9.90 Å². The highest BCUT2D eigenvalue weighted by molar-refractivity contribution is 6.05. The second-order valence-corrected chi connectivity index (χ2v) is 4.03. The van der Waals surface area contributed by atoms with E-state index < -0.39 is 0 Å². The van der Waals surface area contributed by atoms with Gasteiger partial charge in [0.15, 0.2) is 11.3 Å². The van der Waals surface area contributed by atoms with Crippen LogP contribution in [0.25, 0.3) is 21.9 Å². The lowest BCUT2D eigenvalue weighted by Gasteiger charge is -2.04. The number of phenols is 1. The zero-order valence-corrected chi connectivity index (χ0v) is 9.19. The lowest BCUT2D eigenvalue weighted by molar-refractivity contribution is -0.116. The van der Waals surface area contributed by atoms with E-state index in [1.807, 2.05) is 0 Å². The van der Waals surface area contributed by atoms with Crippen molar-refractivity contribution in [3.63, 3.8) is 0 Å². The molecular weight excluding hydrogens is 220 g/mol. The predicted molar refractivity (Wildman–Crippen MR) is 62.0 cm³/mol. The molecule has 3 aromatic rings. The molecule has 0 radical (unpaired) electrons. The molecule has 0 unspecified atom stereocenters. The molecule has 4 nitrogen and oxygen atoms in total. The van der Waals surface area contributed by atoms with Crippen molar-refractivity contribution in [2.24, 2.45) is 0 Å². The van der Waals surface area contributed by atoms with Gasteiger partial charge < -0.3 is 13.9 Å². The summed E-state index contributed by atoms with van der Waals surface area (Å²) in [5, 5.41) is 11.3. The lowest BCUT2D eigenvalue weighted by Crippen LogP contribution is -1.97. The second-order valence-electron chi connectivity index (χ2n) is 4.03. The Morgan fingerprint density at radius 2 is 1.82 bits per heavy atom. The van der Waals surface area contributed by atoms with Gasteiger partial charge in [-0.15, -0.1) is 0 Å². The summed E-state index contributed by atoms with van der Waals surface area (Å²) in [5.41, 5.74) is 1.71. The van der Waals surface area contributed by atoms with E-state index >= 15 is 0 Å². The fourth-order valence-corrected chi connectivity index (χ4v) is 2.13. The number of aromatic hydroxyl groups is 1. The zero-order chi connectivity index (χ0) is 12.0. The number of Topliss-reactive ketones (excluding diaryl/α,β-unsaturated/α-hetero) is 1. The van der Waals surface area contributed by atoms with Crippen LogP contribution in [0.3, 0.4) is 0 Å². The highest BCUT2D eigenvalue weighted by atomic mass is 16.4. The molecular formula is C13H10O4. The van der Waals surface area contributed by atoms with Gasteiger partial charge in [-0.3, -0.25) is 4.79 Å². The van der Waals surface area contributed by atoms with Crippen molar-refractivity contribution in [2.75, 3.05) is 0 Å². The van der Waals surface area contributed by atoms with Crippen LogP contribution in [0.5, 0.6) is 5.75 Å². The van der Waals surface area contributed by atoms with Crippen molar-refractivity contribution in [3.05, 3.63) is 30.2 Å². The molecule has 1 N–H and O–H groups in total. The molecule has 0 aliphatic carbocycles. The molecule has 0 fully saturated rings. The first-order chi connectivity index (χ1) is 8.18. The number of phenolic OH excluding ortho intramolecular Hbond substituents is 1. The van der Waals surface area contributed by atoms with Gasteiger partial charge in [0.2, 0.25) is 0 Å². The van der Waals surface area contributed by atoms with Gasteiger partial charge in [-0.25, -0.2) is 0 Å². The molecule has 1 aromatic carbocycles. The predicted octanol–water partition coefficient (Wildman–Crippen LogP) is 3.02. The van der Waals surface area contributed by atoms with Crippen molar-refractivity contribution in [3.8, 4) is 5.75 Å². The van der Waals surface area contributed by atoms with Crippen molar-refractivity contribution in [1.29, 1.82) is 0 Å². The Morgan fingerprint density at radius 1 is 1.18 bits per heavy atom. The van der Waals surface area contributed by atoms with E-state index in [1.165, 1.54) is 19.5 Å². The number of fused-ring (bicyclic) bond motifs is 2. The van der Waals surface area contributed by atoms with Crippen molar-refractivity contribution < 1.29 is 18.7 Å². The summed E-state index contributed by atoms with van der Waals surface area (Å²) in [6.07, 6.45) is 3.25. The van der Waals surface area contributed by atoms with Crippen LogP contribution in [-0.2, 0) is 11.2 Å². The molecule has 0 saturated carbocycles. The Morgan fingerprint density at radius 3 is 2.53 bits per heavy atom. The van der Waals surface area contributed by atoms with Crippen LogP contribution in [0, 0.1) is 0 Å². The first kappa shape index (κ1) is 9.96. The van der Waals surface area contributed by atoms with Crippen LogP contribution >= 0.6 is 0 Å². The van der Waals surface area contributed by atoms with Gasteiger partial charge >= 0.3 is 0 Å². The quantitative estimate of drug-likeness (QED) is 0.734. The van der Waals surface area contributed by atoms with Gasteiger partial charge in [-0.1, -0.05) is 0 Å². The largest absolute Gasteiger partial charge is 0.504 e. The highest BCUT2D eigenvalue weighted by Gasteiger charge is 2.18. The number of rotatable bonds is 2. The molecule has 17 heavy (non-hydrogen) atoms.